The van der Waals surface area contributed by atoms with Crippen molar-refractivity contribution < 1.29 is 14.3 Å². The minimum atomic E-state index is -0.469. The van der Waals surface area contributed by atoms with Crippen LogP contribution < -0.4 is 0 Å². The number of piperidine rings is 1. The molecule has 0 aliphatic carbocycles. The lowest BCUT2D eigenvalue weighted by atomic mass is 9.91. The van der Waals surface area contributed by atoms with Gasteiger partial charge in [0.1, 0.15) is 5.60 Å². The number of piperazine rings is 1. The molecule has 2 aliphatic rings. The molecule has 5 heteroatoms. The third kappa shape index (κ3) is 3.19. The number of fused-ring (bicyclic) bond motifs is 2. The van der Waals surface area contributed by atoms with E-state index >= 15 is 0 Å². The zero-order valence-electron chi connectivity index (χ0n) is 12.3. The van der Waals surface area contributed by atoms with Crippen LogP contribution in [0, 0.1) is 0 Å². The minimum absolute atomic E-state index is 0.0979. The van der Waals surface area contributed by atoms with Crippen LogP contribution in [-0.4, -0.2) is 52.6 Å². The van der Waals surface area contributed by atoms with Crippen LogP contribution in [0.3, 0.4) is 0 Å². The molecule has 2 saturated heterocycles. The Kier molecular flexibility index (Phi) is 3.74. The maximum absolute atomic E-state index is 12.3. The average molecular weight is 268 g/mol. The zero-order chi connectivity index (χ0) is 14.2. The van der Waals surface area contributed by atoms with Crippen LogP contribution in [0.5, 0.6) is 0 Å². The second-order valence-electron chi connectivity index (χ2n) is 6.55. The number of rotatable bonds is 0. The van der Waals surface area contributed by atoms with Gasteiger partial charge in [-0.2, -0.15) is 0 Å². The van der Waals surface area contributed by atoms with E-state index in [4.69, 9.17) is 4.74 Å². The van der Waals surface area contributed by atoms with E-state index in [2.05, 4.69) is 0 Å². The van der Waals surface area contributed by atoms with Crippen molar-refractivity contribution in [2.75, 3.05) is 13.1 Å². The van der Waals surface area contributed by atoms with Gasteiger partial charge in [-0.25, -0.2) is 4.79 Å². The van der Waals surface area contributed by atoms with Gasteiger partial charge in [0.05, 0.1) is 12.1 Å². The summed E-state index contributed by atoms with van der Waals surface area (Å²) in [6.45, 7) is 8.53. The summed E-state index contributed by atoms with van der Waals surface area (Å²) in [6, 6.07) is 0.234. The van der Waals surface area contributed by atoms with E-state index in [1.807, 2.05) is 30.6 Å². The molecule has 0 aromatic carbocycles. The highest BCUT2D eigenvalue weighted by Crippen LogP contribution is 2.30. The monoisotopic (exact) mass is 268 g/mol. The fourth-order valence-electron chi connectivity index (χ4n) is 2.98. The van der Waals surface area contributed by atoms with Crippen molar-refractivity contribution in [2.45, 2.75) is 64.6 Å². The minimum Gasteiger partial charge on any atom is -0.444 e. The van der Waals surface area contributed by atoms with Crippen molar-refractivity contribution in [3.8, 4) is 0 Å². The Labute approximate surface area is 114 Å². The predicted molar refractivity (Wildman–Crippen MR) is 71.8 cm³/mol. The summed E-state index contributed by atoms with van der Waals surface area (Å²) >= 11 is 0. The number of ether oxygens (including phenoxy) is 1. The van der Waals surface area contributed by atoms with Crippen molar-refractivity contribution in [2.24, 2.45) is 0 Å². The molecule has 2 bridgehead atoms. The molecule has 2 heterocycles. The van der Waals surface area contributed by atoms with Gasteiger partial charge < -0.3 is 9.64 Å². The molecule has 19 heavy (non-hydrogen) atoms. The summed E-state index contributed by atoms with van der Waals surface area (Å²) in [7, 11) is 0. The summed E-state index contributed by atoms with van der Waals surface area (Å²) in [6.07, 6.45) is 2.81. The van der Waals surface area contributed by atoms with E-state index in [0.29, 0.717) is 13.1 Å². The lowest BCUT2D eigenvalue weighted by Gasteiger charge is -2.49. The fraction of sp³-hybridized carbons (Fsp3) is 0.857. The number of amides is 2. The molecule has 0 saturated carbocycles. The number of hydrogen-bond acceptors (Lipinski definition) is 3. The highest BCUT2D eigenvalue weighted by atomic mass is 16.6. The Balaban J connectivity index is 2.10. The van der Waals surface area contributed by atoms with Crippen LogP contribution in [0.2, 0.25) is 0 Å². The lowest BCUT2D eigenvalue weighted by Crippen LogP contribution is -2.63. The van der Waals surface area contributed by atoms with Gasteiger partial charge >= 0.3 is 6.09 Å². The van der Waals surface area contributed by atoms with E-state index in [0.717, 1.165) is 19.3 Å². The third-order valence-corrected chi connectivity index (χ3v) is 3.77. The Morgan fingerprint density at radius 1 is 1.11 bits per heavy atom. The Morgan fingerprint density at radius 2 is 1.63 bits per heavy atom. The molecular weight excluding hydrogens is 244 g/mol. The Morgan fingerprint density at radius 3 is 2.05 bits per heavy atom. The molecule has 2 amide bonds. The summed E-state index contributed by atoms with van der Waals surface area (Å²) in [5.74, 6) is 0.0979. The molecule has 2 atom stereocenters. The molecule has 0 aromatic heterocycles. The highest BCUT2D eigenvalue weighted by Gasteiger charge is 2.42. The molecule has 2 aliphatic heterocycles. The number of nitrogens with zero attached hydrogens (tertiary/aromatic N) is 2. The number of carbonyl (C=O) groups is 2. The first-order valence-electron chi connectivity index (χ1n) is 7.05. The molecule has 5 nitrogen and oxygen atoms in total. The first-order chi connectivity index (χ1) is 8.78. The molecule has 2 fully saturated rings. The summed E-state index contributed by atoms with van der Waals surface area (Å²) < 4.78 is 5.49. The van der Waals surface area contributed by atoms with Gasteiger partial charge in [0.2, 0.25) is 5.91 Å². The lowest BCUT2D eigenvalue weighted by molar-refractivity contribution is -0.134. The van der Waals surface area contributed by atoms with Crippen LogP contribution in [0.1, 0.15) is 47.0 Å². The second kappa shape index (κ2) is 5.02. The van der Waals surface area contributed by atoms with E-state index in [1.54, 1.807) is 6.92 Å². The first-order valence-corrected chi connectivity index (χ1v) is 7.05. The fourth-order valence-corrected chi connectivity index (χ4v) is 2.98. The van der Waals surface area contributed by atoms with Gasteiger partial charge in [-0.15, -0.1) is 0 Å². The number of likely N-dealkylation sites (tertiary alicyclic amines) is 1. The van der Waals surface area contributed by atoms with Crippen LogP contribution in [0.15, 0.2) is 0 Å². The van der Waals surface area contributed by atoms with E-state index in [-0.39, 0.29) is 24.1 Å². The SMILES string of the molecule is CC(=O)N1CC2CCCC(C1)N2C(=O)OC(C)(C)C. The van der Waals surface area contributed by atoms with Crippen molar-refractivity contribution in [1.82, 2.24) is 9.80 Å². The van der Waals surface area contributed by atoms with E-state index < -0.39 is 5.60 Å². The third-order valence-electron chi connectivity index (χ3n) is 3.77. The summed E-state index contributed by atoms with van der Waals surface area (Å²) in [4.78, 5) is 27.6. The number of hydrogen-bond donors (Lipinski definition) is 0. The smallest absolute Gasteiger partial charge is 0.410 e. The van der Waals surface area contributed by atoms with Gasteiger partial charge in [0.25, 0.3) is 0 Å². The maximum atomic E-state index is 12.3. The summed E-state index contributed by atoms with van der Waals surface area (Å²) in [5.41, 5.74) is -0.469. The van der Waals surface area contributed by atoms with E-state index in [1.165, 1.54) is 0 Å². The van der Waals surface area contributed by atoms with E-state index in [9.17, 15) is 9.59 Å². The molecular formula is C14H24N2O3. The Hall–Kier alpha value is -1.26. The quantitative estimate of drug-likeness (QED) is 0.675. The standard InChI is InChI=1S/C14H24N2O3/c1-10(17)15-8-11-6-5-7-12(9-15)16(11)13(18)19-14(2,3)4/h11-12H,5-9H2,1-4H3. The second-order valence-corrected chi connectivity index (χ2v) is 6.55. The maximum Gasteiger partial charge on any atom is 0.410 e. The van der Waals surface area contributed by atoms with Crippen LogP contribution in [0.25, 0.3) is 0 Å². The van der Waals surface area contributed by atoms with Crippen LogP contribution in [0.4, 0.5) is 4.79 Å². The van der Waals surface area contributed by atoms with Crippen molar-refractivity contribution in [3.05, 3.63) is 0 Å². The van der Waals surface area contributed by atoms with Crippen molar-refractivity contribution >= 4 is 12.0 Å². The first kappa shape index (κ1) is 14.2. The van der Waals surface area contributed by atoms with Gasteiger partial charge in [-0.1, -0.05) is 0 Å². The largest absolute Gasteiger partial charge is 0.444 e. The van der Waals surface area contributed by atoms with Gasteiger partial charge in [-0.3, -0.25) is 9.69 Å². The predicted octanol–water partition coefficient (Wildman–Crippen LogP) is 2.01. The van der Waals surface area contributed by atoms with Crippen LogP contribution >= 0.6 is 0 Å². The van der Waals surface area contributed by atoms with Gasteiger partial charge in [-0.05, 0) is 40.0 Å². The zero-order valence-corrected chi connectivity index (χ0v) is 12.3. The van der Waals surface area contributed by atoms with Crippen LogP contribution in [-0.2, 0) is 9.53 Å². The molecule has 0 N–H and O–H groups in total. The molecule has 0 aromatic rings. The van der Waals surface area contributed by atoms with Gasteiger partial charge in [0.15, 0.2) is 0 Å². The van der Waals surface area contributed by atoms with Gasteiger partial charge in [0, 0.05) is 20.0 Å². The van der Waals surface area contributed by atoms with Crippen molar-refractivity contribution in [1.29, 1.82) is 0 Å². The molecule has 2 rings (SSSR count). The molecule has 0 spiro atoms. The highest BCUT2D eigenvalue weighted by molar-refractivity contribution is 5.74. The normalized spacial score (nSPS) is 27.2. The topological polar surface area (TPSA) is 49.9 Å². The Bertz CT molecular complexity index is 361. The molecule has 2 unspecified atom stereocenters. The summed E-state index contributed by atoms with van der Waals surface area (Å²) in [5, 5.41) is 0. The average Bonchev–Trinajstić information content (AvgIpc) is 2.24. The number of carbonyl (C=O) groups excluding carboxylic acids is 2. The van der Waals surface area contributed by atoms with Crippen molar-refractivity contribution in [3.63, 3.8) is 0 Å². The molecule has 108 valence electrons. The molecule has 0 radical (unpaired) electrons.